The van der Waals surface area contributed by atoms with Crippen LogP contribution in [-0.2, 0) is 11.2 Å². The molecule has 1 fully saturated rings. The first-order valence-electron chi connectivity index (χ1n) is 9.38. The van der Waals surface area contributed by atoms with Crippen molar-refractivity contribution < 1.29 is 13.9 Å². The van der Waals surface area contributed by atoms with Crippen LogP contribution in [0.2, 0.25) is 0 Å². The highest BCUT2D eigenvalue weighted by atomic mass is 16.5. The van der Waals surface area contributed by atoms with Gasteiger partial charge in [-0.25, -0.2) is 4.79 Å². The average Bonchev–Trinajstić information content (AvgIpc) is 2.55. The first-order valence-corrected chi connectivity index (χ1v) is 9.38. The molecule has 1 aromatic carbocycles. The van der Waals surface area contributed by atoms with E-state index in [2.05, 4.69) is 0 Å². The van der Waals surface area contributed by atoms with E-state index in [0.29, 0.717) is 23.7 Å². The van der Waals surface area contributed by atoms with E-state index >= 15 is 0 Å². The maximum atomic E-state index is 12.7. The normalized spacial score (nSPS) is 15.5. The summed E-state index contributed by atoms with van der Waals surface area (Å²) in [6.07, 6.45) is 3.76. The Hall–Kier alpha value is -2.30. The van der Waals surface area contributed by atoms with Gasteiger partial charge in [-0.05, 0) is 62.3 Å². The van der Waals surface area contributed by atoms with Gasteiger partial charge in [0.1, 0.15) is 11.3 Å². The maximum Gasteiger partial charge on any atom is 0.336 e. The van der Waals surface area contributed by atoms with E-state index in [1.54, 1.807) is 11.8 Å². The number of amides is 1. The van der Waals surface area contributed by atoms with Crippen molar-refractivity contribution in [2.45, 2.75) is 52.6 Å². The number of nitrogens with zero attached hydrogens (tertiary/aromatic N) is 1. The number of rotatable bonds is 6. The predicted octanol–water partition coefficient (Wildman–Crippen LogP) is 3.69. The Morgan fingerprint density at radius 1 is 1.35 bits per heavy atom. The van der Waals surface area contributed by atoms with Crippen molar-refractivity contribution >= 4 is 16.9 Å². The molecule has 1 atom stereocenters. The lowest BCUT2D eigenvalue weighted by molar-refractivity contribution is -0.137. The summed E-state index contributed by atoms with van der Waals surface area (Å²) in [4.78, 5) is 26.2. The molecule has 1 amide bonds. The lowest BCUT2D eigenvalue weighted by Crippen LogP contribution is -2.41. The van der Waals surface area contributed by atoms with Crippen LogP contribution in [0.4, 0.5) is 0 Å². The molecule has 1 heterocycles. The minimum absolute atomic E-state index is 0.0259. The Morgan fingerprint density at radius 3 is 2.69 bits per heavy atom. The van der Waals surface area contributed by atoms with E-state index < -0.39 is 6.10 Å². The third-order valence-electron chi connectivity index (χ3n) is 5.20. The quantitative estimate of drug-likeness (QED) is 0.740. The van der Waals surface area contributed by atoms with E-state index in [4.69, 9.17) is 9.15 Å². The zero-order valence-electron chi connectivity index (χ0n) is 16.0. The number of hydrogen-bond acceptors (Lipinski definition) is 4. The van der Waals surface area contributed by atoms with Gasteiger partial charge < -0.3 is 14.1 Å². The second-order valence-electron chi connectivity index (χ2n) is 7.36. The molecule has 0 spiro atoms. The van der Waals surface area contributed by atoms with E-state index in [0.717, 1.165) is 23.1 Å². The second-order valence-corrected chi connectivity index (χ2v) is 7.36. The molecule has 1 aromatic heterocycles. The molecule has 5 heteroatoms. The first-order chi connectivity index (χ1) is 12.4. The molecule has 0 radical (unpaired) electrons. The van der Waals surface area contributed by atoms with Gasteiger partial charge in [-0.2, -0.15) is 0 Å². The Bertz CT molecular complexity index is 866. The molecule has 1 unspecified atom stereocenters. The number of carbonyl (C=O) groups excluding carboxylic acids is 1. The highest BCUT2D eigenvalue weighted by Gasteiger charge is 2.25. The Morgan fingerprint density at radius 2 is 2.08 bits per heavy atom. The van der Waals surface area contributed by atoms with Gasteiger partial charge in [0.2, 0.25) is 0 Å². The fourth-order valence-corrected chi connectivity index (χ4v) is 3.55. The van der Waals surface area contributed by atoms with Crippen LogP contribution in [0.25, 0.3) is 11.0 Å². The smallest absolute Gasteiger partial charge is 0.336 e. The van der Waals surface area contributed by atoms with Crippen molar-refractivity contribution in [2.24, 2.45) is 5.92 Å². The summed E-state index contributed by atoms with van der Waals surface area (Å²) >= 11 is 0. The molecule has 1 aliphatic rings. The minimum atomic E-state index is -0.596. The molecule has 0 bridgehead atoms. The van der Waals surface area contributed by atoms with Gasteiger partial charge >= 0.3 is 5.63 Å². The Balaban J connectivity index is 1.87. The van der Waals surface area contributed by atoms with Gasteiger partial charge in [-0.3, -0.25) is 4.79 Å². The zero-order valence-corrected chi connectivity index (χ0v) is 16.0. The lowest BCUT2D eigenvalue weighted by Gasteiger charge is -2.31. The average molecular weight is 357 g/mol. The number of ether oxygens (including phenoxy) is 1. The Labute approximate surface area is 153 Å². The standard InChI is InChI=1S/C21H27NO4/c1-5-16-11-19(23)26-18-10-13(2)9-17(20(16)18)25-14(3)21(24)22(4)12-15-7-6-8-15/h9-11,14-15H,5-8,12H2,1-4H3. The van der Waals surface area contributed by atoms with Gasteiger partial charge in [0.15, 0.2) is 6.10 Å². The molecule has 0 saturated heterocycles. The predicted molar refractivity (Wildman–Crippen MR) is 102 cm³/mol. The fourth-order valence-electron chi connectivity index (χ4n) is 3.55. The van der Waals surface area contributed by atoms with Crippen LogP contribution in [0.5, 0.6) is 5.75 Å². The van der Waals surface area contributed by atoms with Crippen LogP contribution in [0.1, 0.15) is 44.2 Å². The van der Waals surface area contributed by atoms with Crippen molar-refractivity contribution in [2.75, 3.05) is 13.6 Å². The monoisotopic (exact) mass is 357 g/mol. The van der Waals surface area contributed by atoms with Gasteiger partial charge in [-0.15, -0.1) is 0 Å². The van der Waals surface area contributed by atoms with Gasteiger partial charge in [0, 0.05) is 19.7 Å². The third-order valence-corrected chi connectivity index (χ3v) is 5.20. The number of fused-ring (bicyclic) bond motifs is 1. The summed E-state index contributed by atoms with van der Waals surface area (Å²) in [7, 11) is 1.84. The molecule has 3 rings (SSSR count). The van der Waals surface area contributed by atoms with Crippen molar-refractivity contribution in [3.8, 4) is 5.75 Å². The van der Waals surface area contributed by atoms with Crippen LogP contribution < -0.4 is 10.4 Å². The van der Waals surface area contributed by atoms with Crippen molar-refractivity contribution in [1.82, 2.24) is 4.90 Å². The molecular formula is C21H27NO4. The molecule has 5 nitrogen and oxygen atoms in total. The number of aryl methyl sites for hydroxylation is 2. The summed E-state index contributed by atoms with van der Waals surface area (Å²) in [6.45, 7) is 6.47. The number of carbonyl (C=O) groups is 1. The van der Waals surface area contributed by atoms with Gasteiger partial charge in [0.25, 0.3) is 5.91 Å². The lowest BCUT2D eigenvalue weighted by atomic mass is 9.85. The molecule has 2 aromatic rings. The summed E-state index contributed by atoms with van der Waals surface area (Å²) in [5.74, 6) is 1.19. The zero-order chi connectivity index (χ0) is 18.8. The summed E-state index contributed by atoms with van der Waals surface area (Å²) < 4.78 is 11.4. The van der Waals surface area contributed by atoms with Crippen molar-refractivity contribution in [3.63, 3.8) is 0 Å². The van der Waals surface area contributed by atoms with Crippen LogP contribution in [0.3, 0.4) is 0 Å². The SMILES string of the molecule is CCc1cc(=O)oc2cc(C)cc(OC(C)C(=O)N(C)CC3CCC3)c12. The van der Waals surface area contributed by atoms with Crippen molar-refractivity contribution in [1.29, 1.82) is 0 Å². The van der Waals surface area contributed by atoms with E-state index in [-0.39, 0.29) is 11.5 Å². The topological polar surface area (TPSA) is 59.8 Å². The molecule has 1 saturated carbocycles. The molecular weight excluding hydrogens is 330 g/mol. The minimum Gasteiger partial charge on any atom is -0.480 e. The van der Waals surface area contributed by atoms with Crippen LogP contribution >= 0.6 is 0 Å². The van der Waals surface area contributed by atoms with Gasteiger partial charge in [-0.1, -0.05) is 13.3 Å². The first kappa shape index (κ1) is 18.5. The third kappa shape index (κ3) is 3.76. The summed E-state index contributed by atoms with van der Waals surface area (Å²) in [5, 5.41) is 0.777. The fraction of sp³-hybridized carbons (Fsp3) is 0.524. The molecule has 26 heavy (non-hydrogen) atoms. The Kier molecular flexibility index (Phi) is 5.35. The molecule has 1 aliphatic carbocycles. The number of likely N-dealkylation sites (N-methyl/N-ethyl adjacent to an activating group) is 1. The van der Waals surface area contributed by atoms with E-state index in [9.17, 15) is 9.59 Å². The van der Waals surface area contributed by atoms with Gasteiger partial charge in [0.05, 0.1) is 5.39 Å². The highest BCUT2D eigenvalue weighted by Crippen LogP contribution is 2.31. The van der Waals surface area contributed by atoms with Crippen molar-refractivity contribution in [3.05, 3.63) is 39.7 Å². The maximum absolute atomic E-state index is 12.7. The summed E-state index contributed by atoms with van der Waals surface area (Å²) in [5.41, 5.74) is 1.93. The summed E-state index contributed by atoms with van der Waals surface area (Å²) in [6, 6.07) is 5.23. The largest absolute Gasteiger partial charge is 0.480 e. The molecule has 0 N–H and O–H groups in total. The highest BCUT2D eigenvalue weighted by molar-refractivity contribution is 5.88. The molecule has 0 aliphatic heterocycles. The van der Waals surface area contributed by atoms with Crippen LogP contribution in [0.15, 0.2) is 27.4 Å². The van der Waals surface area contributed by atoms with E-state index in [1.807, 2.05) is 33.0 Å². The van der Waals surface area contributed by atoms with E-state index in [1.165, 1.54) is 25.3 Å². The van der Waals surface area contributed by atoms with Crippen LogP contribution in [0, 0.1) is 12.8 Å². The molecule has 140 valence electrons. The number of benzene rings is 1. The number of hydrogen-bond donors (Lipinski definition) is 0. The van der Waals surface area contributed by atoms with Crippen LogP contribution in [-0.4, -0.2) is 30.5 Å². The second kappa shape index (κ2) is 7.52.